The monoisotopic (exact) mass is 249 g/mol. The van der Waals surface area contributed by atoms with Gasteiger partial charge in [-0.3, -0.25) is 0 Å². The van der Waals surface area contributed by atoms with Crippen LogP contribution in [0.4, 0.5) is 0 Å². The zero-order valence-corrected chi connectivity index (χ0v) is 12.6. The van der Waals surface area contributed by atoms with E-state index in [0.29, 0.717) is 0 Å². The van der Waals surface area contributed by atoms with Crippen molar-refractivity contribution in [1.29, 1.82) is 0 Å². The van der Waals surface area contributed by atoms with Crippen molar-refractivity contribution in [3.05, 3.63) is 0 Å². The minimum absolute atomic E-state index is 0.182. The Morgan fingerprint density at radius 1 is 1.12 bits per heavy atom. The molecule has 0 aromatic carbocycles. The Morgan fingerprint density at radius 2 is 1.56 bits per heavy atom. The first kappa shape index (κ1) is 14.3. The second-order valence-corrected chi connectivity index (χ2v) is 8.84. The van der Waals surface area contributed by atoms with Gasteiger partial charge in [-0.05, 0) is 0 Å². The molecule has 5 heteroatoms. The van der Waals surface area contributed by atoms with Crippen LogP contribution in [-0.4, -0.2) is 36.0 Å². The minimum atomic E-state index is -2.11. The molecule has 0 aromatic heterocycles. The molecule has 16 heavy (non-hydrogen) atoms. The summed E-state index contributed by atoms with van der Waals surface area (Å²) >= 11 is 0. The molecule has 1 rings (SSSR count). The van der Waals surface area contributed by atoms with E-state index >= 15 is 0 Å². The molecular formula is C11H30N4P+. The summed E-state index contributed by atoms with van der Waals surface area (Å²) in [4.78, 5) is 0. The number of rotatable bonds is 3. The zero-order chi connectivity index (χ0) is 12.4. The van der Waals surface area contributed by atoms with Gasteiger partial charge < -0.3 is 0 Å². The summed E-state index contributed by atoms with van der Waals surface area (Å²) in [7, 11) is -2.11. The number of nitrogens with two attached hydrogens (primary N) is 1. The Morgan fingerprint density at radius 3 is 1.88 bits per heavy atom. The van der Waals surface area contributed by atoms with Crippen molar-refractivity contribution < 1.29 is 4.25 Å². The third-order valence-corrected chi connectivity index (χ3v) is 8.41. The molecule has 0 spiro atoms. The van der Waals surface area contributed by atoms with Gasteiger partial charge in [0.05, 0.1) is 0 Å². The first-order valence-corrected chi connectivity index (χ1v) is 8.51. The number of hydrogen-bond acceptors (Lipinski definition) is 3. The number of hydrogen-bond donors (Lipinski definition) is 3. The molecule has 0 aromatic rings. The molecule has 0 bridgehead atoms. The standard InChI is InChI=1S/C11H30N4P/c1-6-15(7-2,11(3,4)5)16(12)13-9-8-10-14-16/h13-14,16H,6-10,12H2,1-5H3/q+1. The number of quaternary nitrogens is 1. The molecule has 1 aliphatic rings. The molecule has 0 radical (unpaired) electrons. The van der Waals surface area contributed by atoms with E-state index < -0.39 is 7.87 Å². The van der Waals surface area contributed by atoms with Gasteiger partial charge in [-0.25, -0.2) is 0 Å². The van der Waals surface area contributed by atoms with E-state index in [1.54, 1.807) is 0 Å². The summed E-state index contributed by atoms with van der Waals surface area (Å²) in [5.41, 5.74) is 6.92. The third-order valence-electron chi connectivity index (χ3n) is 4.18. The van der Waals surface area contributed by atoms with E-state index in [-0.39, 0.29) is 5.54 Å². The van der Waals surface area contributed by atoms with E-state index in [4.69, 9.17) is 5.50 Å². The fourth-order valence-electron chi connectivity index (χ4n) is 3.21. The fourth-order valence-corrected chi connectivity index (χ4v) is 7.11. The van der Waals surface area contributed by atoms with E-state index in [1.807, 2.05) is 0 Å². The van der Waals surface area contributed by atoms with Crippen LogP contribution in [0.2, 0.25) is 0 Å². The molecule has 0 amide bonds. The van der Waals surface area contributed by atoms with Gasteiger partial charge in [0.1, 0.15) is 0 Å². The summed E-state index contributed by atoms with van der Waals surface area (Å²) in [5, 5.41) is 7.25. The summed E-state index contributed by atoms with van der Waals surface area (Å²) in [6.45, 7) is 15.7. The van der Waals surface area contributed by atoms with Crippen molar-refractivity contribution >= 4 is 7.87 Å². The van der Waals surface area contributed by atoms with Crippen molar-refractivity contribution in [1.82, 2.24) is 10.2 Å². The zero-order valence-electron chi connectivity index (χ0n) is 11.6. The van der Waals surface area contributed by atoms with Gasteiger partial charge in [0.15, 0.2) is 0 Å². The van der Waals surface area contributed by atoms with Crippen molar-refractivity contribution in [2.45, 2.75) is 46.6 Å². The van der Waals surface area contributed by atoms with Crippen molar-refractivity contribution in [3.8, 4) is 0 Å². The van der Waals surface area contributed by atoms with Gasteiger partial charge in [-0.15, -0.1) is 0 Å². The van der Waals surface area contributed by atoms with Crippen molar-refractivity contribution in [2.75, 3.05) is 26.2 Å². The van der Waals surface area contributed by atoms with Gasteiger partial charge in [-0.1, -0.05) is 0 Å². The van der Waals surface area contributed by atoms with Crippen LogP contribution in [0.15, 0.2) is 0 Å². The first-order valence-electron chi connectivity index (χ1n) is 6.49. The molecule has 4 N–H and O–H groups in total. The van der Waals surface area contributed by atoms with Crippen LogP contribution in [0.25, 0.3) is 0 Å². The SMILES string of the molecule is CC[N+](CC)(C(C)(C)C)[PH]1(N)NCCCN1. The van der Waals surface area contributed by atoms with Gasteiger partial charge in [-0.2, -0.15) is 0 Å². The third kappa shape index (κ3) is 2.14. The van der Waals surface area contributed by atoms with Crippen molar-refractivity contribution in [2.24, 2.45) is 5.50 Å². The van der Waals surface area contributed by atoms with Crippen molar-refractivity contribution in [3.63, 3.8) is 0 Å². The molecule has 1 saturated heterocycles. The number of nitrogens with zero attached hydrogens (tertiary/aromatic N) is 1. The predicted octanol–water partition coefficient (Wildman–Crippen LogP) is 1.59. The number of nitrogens with one attached hydrogen (secondary N) is 2. The second-order valence-electron chi connectivity index (χ2n) is 5.74. The Kier molecular flexibility index (Phi) is 4.36. The predicted molar refractivity (Wildman–Crippen MR) is 74.2 cm³/mol. The van der Waals surface area contributed by atoms with Crippen LogP contribution >= 0.6 is 7.87 Å². The van der Waals surface area contributed by atoms with Crippen LogP contribution in [0.3, 0.4) is 0 Å². The summed E-state index contributed by atoms with van der Waals surface area (Å²) in [5.74, 6) is 0. The Labute approximate surface area is 101 Å². The molecule has 0 atom stereocenters. The second kappa shape index (κ2) is 4.87. The molecule has 1 heterocycles. The summed E-state index contributed by atoms with van der Waals surface area (Å²) in [6.07, 6.45) is 1.18. The first-order chi connectivity index (χ1) is 7.33. The topological polar surface area (TPSA) is 50.1 Å². The Bertz CT molecular complexity index is 227. The van der Waals surface area contributed by atoms with Gasteiger partial charge in [0.25, 0.3) is 0 Å². The average Bonchev–Trinajstić information content (AvgIpc) is 2.18. The molecule has 0 aliphatic carbocycles. The molecular weight excluding hydrogens is 219 g/mol. The molecule has 0 unspecified atom stereocenters. The van der Waals surface area contributed by atoms with Crippen LogP contribution < -0.4 is 15.7 Å². The molecule has 0 saturated carbocycles. The normalized spacial score (nSPS) is 24.1. The van der Waals surface area contributed by atoms with Gasteiger partial charge in [0.2, 0.25) is 0 Å². The Hall–Kier alpha value is 0.270. The molecule has 1 aliphatic heterocycles. The van der Waals surface area contributed by atoms with Crippen LogP contribution in [-0.2, 0) is 0 Å². The average molecular weight is 249 g/mol. The van der Waals surface area contributed by atoms with E-state index in [2.05, 4.69) is 44.8 Å². The van der Waals surface area contributed by atoms with E-state index in [1.165, 1.54) is 6.42 Å². The fraction of sp³-hybridized carbons (Fsp3) is 1.00. The van der Waals surface area contributed by atoms with Crippen LogP contribution in [0.1, 0.15) is 41.0 Å². The molecule has 4 nitrogen and oxygen atoms in total. The van der Waals surface area contributed by atoms with Gasteiger partial charge in [0, 0.05) is 0 Å². The summed E-state index contributed by atoms with van der Waals surface area (Å²) < 4.78 is 0.986. The van der Waals surface area contributed by atoms with E-state index in [0.717, 1.165) is 30.4 Å². The quantitative estimate of drug-likeness (QED) is 0.666. The molecule has 1 fully saturated rings. The van der Waals surface area contributed by atoms with Crippen LogP contribution in [0.5, 0.6) is 0 Å². The van der Waals surface area contributed by atoms with Gasteiger partial charge >= 0.3 is 101 Å². The Balaban J connectivity index is 3.08. The maximum absolute atomic E-state index is 6.73. The molecule has 98 valence electrons. The van der Waals surface area contributed by atoms with E-state index in [9.17, 15) is 0 Å². The summed E-state index contributed by atoms with van der Waals surface area (Å²) in [6, 6.07) is 0. The maximum atomic E-state index is 6.73. The van der Waals surface area contributed by atoms with Crippen LogP contribution in [0, 0.1) is 0 Å².